The monoisotopic (exact) mass is 317 g/mol. The molecule has 8 heteroatoms. The maximum atomic E-state index is 13.5. The van der Waals surface area contributed by atoms with Crippen LogP contribution in [0.5, 0.6) is 0 Å². The molecule has 6 nitrogen and oxygen atoms in total. The third kappa shape index (κ3) is 2.52. The van der Waals surface area contributed by atoms with Gasteiger partial charge in [-0.1, -0.05) is 42.5 Å². The van der Waals surface area contributed by atoms with Gasteiger partial charge in [-0.2, -0.15) is 4.68 Å². The van der Waals surface area contributed by atoms with Crippen LogP contribution >= 0.6 is 11.3 Å². The lowest BCUT2D eigenvalue weighted by molar-refractivity contribution is 0.111. The number of carbonyl (C=O) groups is 1. The summed E-state index contributed by atoms with van der Waals surface area (Å²) in [5.41, 5.74) is 1.04. The molecule has 0 bridgehead atoms. The number of halogens is 1. The lowest BCUT2D eigenvalue weighted by Gasteiger charge is -2.03. The molecule has 0 aliphatic carbocycles. The molecule has 0 aliphatic rings. The quantitative estimate of drug-likeness (QED) is 0.692. The van der Waals surface area contributed by atoms with Gasteiger partial charge in [0.15, 0.2) is 12.0 Å². The molecule has 0 aliphatic heterocycles. The SMILES string of the molecule is CC(C)c1nnc(-n2nnc(C=O)c2-c2cccc(F)c2)s1. The first-order chi connectivity index (χ1) is 10.6. The van der Waals surface area contributed by atoms with Gasteiger partial charge in [0, 0.05) is 11.5 Å². The molecule has 2 heterocycles. The number of hydrogen-bond donors (Lipinski definition) is 0. The van der Waals surface area contributed by atoms with E-state index in [1.54, 1.807) is 12.1 Å². The van der Waals surface area contributed by atoms with E-state index in [0.29, 0.717) is 22.7 Å². The standard InChI is InChI=1S/C14H12FN5OS/c1-8(2)13-17-18-14(22-13)20-12(11(7-21)16-19-20)9-4-3-5-10(15)6-9/h3-8H,1-2H3. The van der Waals surface area contributed by atoms with Crippen molar-refractivity contribution in [3.8, 4) is 16.4 Å². The zero-order valence-corrected chi connectivity index (χ0v) is 12.7. The summed E-state index contributed by atoms with van der Waals surface area (Å²) in [6.45, 7) is 4.02. The van der Waals surface area contributed by atoms with Crippen molar-refractivity contribution in [1.29, 1.82) is 0 Å². The lowest BCUT2D eigenvalue weighted by atomic mass is 10.1. The molecule has 0 saturated carbocycles. The Hall–Kier alpha value is -2.48. The minimum atomic E-state index is -0.401. The Kier molecular flexibility index (Phi) is 3.76. The fourth-order valence-electron chi connectivity index (χ4n) is 1.96. The second kappa shape index (κ2) is 5.72. The summed E-state index contributed by atoms with van der Waals surface area (Å²) in [7, 11) is 0. The van der Waals surface area contributed by atoms with Gasteiger partial charge >= 0.3 is 0 Å². The Morgan fingerprint density at radius 1 is 1.27 bits per heavy atom. The third-order valence-electron chi connectivity index (χ3n) is 3.01. The first-order valence-corrected chi connectivity index (χ1v) is 7.42. The summed E-state index contributed by atoms with van der Waals surface area (Å²) in [4.78, 5) is 11.2. The van der Waals surface area contributed by atoms with Crippen molar-refractivity contribution in [1.82, 2.24) is 25.2 Å². The van der Waals surface area contributed by atoms with Crippen LogP contribution in [-0.4, -0.2) is 31.5 Å². The molecule has 0 N–H and O–H groups in total. The number of aromatic nitrogens is 5. The largest absolute Gasteiger partial charge is 0.296 e. The van der Waals surface area contributed by atoms with E-state index in [9.17, 15) is 9.18 Å². The highest BCUT2D eigenvalue weighted by Gasteiger charge is 2.19. The number of carbonyl (C=O) groups excluding carboxylic acids is 1. The molecule has 3 aromatic rings. The van der Waals surface area contributed by atoms with Crippen molar-refractivity contribution >= 4 is 17.6 Å². The molecular weight excluding hydrogens is 305 g/mol. The first kappa shape index (κ1) is 14.5. The van der Waals surface area contributed by atoms with Crippen molar-refractivity contribution < 1.29 is 9.18 Å². The molecule has 0 unspecified atom stereocenters. The van der Waals surface area contributed by atoms with Crippen LogP contribution in [0, 0.1) is 5.82 Å². The Morgan fingerprint density at radius 3 is 2.73 bits per heavy atom. The van der Waals surface area contributed by atoms with Crippen molar-refractivity contribution in [2.45, 2.75) is 19.8 Å². The molecule has 3 rings (SSSR count). The predicted octanol–water partition coefficient (Wildman–Crippen LogP) is 2.86. The Morgan fingerprint density at radius 2 is 2.09 bits per heavy atom. The molecule has 0 radical (unpaired) electrons. The average Bonchev–Trinajstić information content (AvgIpc) is 3.13. The molecule has 0 saturated heterocycles. The van der Waals surface area contributed by atoms with E-state index in [0.717, 1.165) is 5.01 Å². The minimum Gasteiger partial charge on any atom is -0.296 e. The van der Waals surface area contributed by atoms with E-state index in [2.05, 4.69) is 20.5 Å². The fraction of sp³-hybridized carbons (Fsp3) is 0.214. The van der Waals surface area contributed by atoms with Crippen LogP contribution in [-0.2, 0) is 0 Å². The van der Waals surface area contributed by atoms with Gasteiger partial charge in [-0.3, -0.25) is 4.79 Å². The maximum Gasteiger partial charge on any atom is 0.234 e. The summed E-state index contributed by atoms with van der Waals surface area (Å²) in [5.74, 6) is -0.167. The highest BCUT2D eigenvalue weighted by Crippen LogP contribution is 2.28. The molecule has 0 spiro atoms. The Labute approximate surface area is 129 Å². The van der Waals surface area contributed by atoms with Crippen LogP contribution in [0.15, 0.2) is 24.3 Å². The van der Waals surface area contributed by atoms with Crippen molar-refractivity contribution in [2.24, 2.45) is 0 Å². The number of nitrogens with zero attached hydrogens (tertiary/aromatic N) is 5. The predicted molar refractivity (Wildman–Crippen MR) is 79.7 cm³/mol. The molecule has 0 fully saturated rings. The van der Waals surface area contributed by atoms with Gasteiger partial charge in [-0.25, -0.2) is 4.39 Å². The summed E-state index contributed by atoms with van der Waals surface area (Å²) in [6.07, 6.45) is 0.591. The van der Waals surface area contributed by atoms with Gasteiger partial charge in [0.2, 0.25) is 5.13 Å². The molecule has 0 amide bonds. The van der Waals surface area contributed by atoms with E-state index in [-0.39, 0.29) is 11.6 Å². The van der Waals surface area contributed by atoms with Gasteiger partial charge < -0.3 is 0 Å². The van der Waals surface area contributed by atoms with Crippen LogP contribution in [0.1, 0.15) is 35.3 Å². The zero-order valence-electron chi connectivity index (χ0n) is 11.9. The number of benzene rings is 1. The highest BCUT2D eigenvalue weighted by molar-refractivity contribution is 7.13. The lowest BCUT2D eigenvalue weighted by Crippen LogP contribution is -2.00. The van der Waals surface area contributed by atoms with Crippen LogP contribution in [0.4, 0.5) is 4.39 Å². The summed E-state index contributed by atoms with van der Waals surface area (Å²) in [6, 6.07) is 5.92. The fourth-order valence-corrected chi connectivity index (χ4v) is 2.76. The highest BCUT2D eigenvalue weighted by atomic mass is 32.1. The van der Waals surface area contributed by atoms with Crippen molar-refractivity contribution in [2.75, 3.05) is 0 Å². The van der Waals surface area contributed by atoms with Crippen LogP contribution in [0.25, 0.3) is 16.4 Å². The van der Waals surface area contributed by atoms with Crippen molar-refractivity contribution in [3.63, 3.8) is 0 Å². The first-order valence-electron chi connectivity index (χ1n) is 6.60. The van der Waals surface area contributed by atoms with E-state index >= 15 is 0 Å². The zero-order chi connectivity index (χ0) is 15.7. The molecule has 1 aromatic carbocycles. The molecule has 22 heavy (non-hydrogen) atoms. The molecule has 112 valence electrons. The second-order valence-electron chi connectivity index (χ2n) is 4.94. The van der Waals surface area contributed by atoms with Crippen molar-refractivity contribution in [3.05, 3.63) is 40.8 Å². The van der Waals surface area contributed by atoms with E-state index in [1.165, 1.54) is 28.2 Å². The Bertz CT molecular complexity index is 826. The second-order valence-corrected chi connectivity index (χ2v) is 5.93. The van der Waals surface area contributed by atoms with Crippen LogP contribution < -0.4 is 0 Å². The van der Waals surface area contributed by atoms with Gasteiger partial charge in [-0.15, -0.1) is 15.3 Å². The van der Waals surface area contributed by atoms with Gasteiger partial charge in [0.1, 0.15) is 16.5 Å². The van der Waals surface area contributed by atoms with Gasteiger partial charge in [-0.05, 0) is 12.1 Å². The molecule has 2 aromatic heterocycles. The van der Waals surface area contributed by atoms with E-state index in [1.807, 2.05) is 13.8 Å². The Balaban J connectivity index is 2.16. The average molecular weight is 317 g/mol. The van der Waals surface area contributed by atoms with E-state index < -0.39 is 5.82 Å². The summed E-state index contributed by atoms with van der Waals surface area (Å²) >= 11 is 1.36. The van der Waals surface area contributed by atoms with Gasteiger partial charge in [0.05, 0.1) is 0 Å². The number of rotatable bonds is 4. The summed E-state index contributed by atoms with van der Waals surface area (Å²) < 4.78 is 14.9. The minimum absolute atomic E-state index is 0.131. The summed E-state index contributed by atoms with van der Waals surface area (Å²) in [5, 5.41) is 17.3. The third-order valence-corrected chi connectivity index (χ3v) is 4.21. The maximum absolute atomic E-state index is 13.5. The topological polar surface area (TPSA) is 73.6 Å². The number of aldehydes is 1. The van der Waals surface area contributed by atoms with Gasteiger partial charge in [0.25, 0.3) is 0 Å². The normalized spacial score (nSPS) is 11.1. The molecule has 0 atom stereocenters. The van der Waals surface area contributed by atoms with Crippen LogP contribution in [0.2, 0.25) is 0 Å². The van der Waals surface area contributed by atoms with E-state index in [4.69, 9.17) is 0 Å². The molecular formula is C14H12FN5OS. The van der Waals surface area contributed by atoms with Crippen LogP contribution in [0.3, 0.4) is 0 Å². The number of hydrogen-bond acceptors (Lipinski definition) is 6. The smallest absolute Gasteiger partial charge is 0.234 e.